The molecule has 1 aromatic carbocycles. The van der Waals surface area contributed by atoms with E-state index in [4.69, 9.17) is 0 Å². The summed E-state index contributed by atoms with van der Waals surface area (Å²) in [5.41, 5.74) is 4.39. The summed E-state index contributed by atoms with van der Waals surface area (Å²) in [6.07, 6.45) is 0. The summed E-state index contributed by atoms with van der Waals surface area (Å²) in [6.45, 7) is 1.25. The third-order valence-corrected chi connectivity index (χ3v) is 1.60. The van der Waals surface area contributed by atoms with Crippen molar-refractivity contribution >= 4 is 17.5 Å². The van der Waals surface area contributed by atoms with Crippen LogP contribution < -0.4 is 10.9 Å². The molecule has 0 unspecified atom stereocenters. The molecule has 0 aliphatic carbocycles. The van der Waals surface area contributed by atoms with Gasteiger partial charge < -0.3 is 0 Å². The molecule has 0 atom stereocenters. The van der Waals surface area contributed by atoms with Crippen LogP contribution in [0.15, 0.2) is 29.4 Å². The minimum atomic E-state index is -0.583. The van der Waals surface area contributed by atoms with Gasteiger partial charge in [0.2, 0.25) is 5.91 Å². The predicted octanol–water partition coefficient (Wildman–Crippen LogP) is 0.865. The van der Waals surface area contributed by atoms with Crippen molar-refractivity contribution in [1.82, 2.24) is 10.9 Å². The Morgan fingerprint density at radius 3 is 2.47 bits per heavy atom. The molecule has 0 bridgehead atoms. The van der Waals surface area contributed by atoms with Gasteiger partial charge in [0, 0.05) is 6.92 Å². The third-order valence-electron chi connectivity index (χ3n) is 1.60. The Morgan fingerprint density at radius 1 is 1.20 bits per heavy atom. The first-order valence-corrected chi connectivity index (χ1v) is 4.14. The van der Waals surface area contributed by atoms with Crippen molar-refractivity contribution in [1.29, 1.82) is 0 Å². The highest BCUT2D eigenvalue weighted by molar-refractivity contribution is 5.99. The number of nitroso groups, excluding NO2 is 1. The molecule has 6 heteroatoms. The fourth-order valence-electron chi connectivity index (χ4n) is 0.957. The smallest absolute Gasteiger partial charge is 0.272 e. The summed E-state index contributed by atoms with van der Waals surface area (Å²) in [5, 5.41) is 2.70. The van der Waals surface area contributed by atoms with Crippen molar-refractivity contribution < 1.29 is 9.59 Å². The zero-order valence-corrected chi connectivity index (χ0v) is 7.98. The van der Waals surface area contributed by atoms with Gasteiger partial charge in [-0.25, -0.2) is 0 Å². The first-order valence-electron chi connectivity index (χ1n) is 4.14. The summed E-state index contributed by atoms with van der Waals surface area (Å²) in [6, 6.07) is 6.03. The predicted molar refractivity (Wildman–Crippen MR) is 53.2 cm³/mol. The number of nitrogens with zero attached hydrogens (tertiary/aromatic N) is 1. The highest BCUT2D eigenvalue weighted by Crippen LogP contribution is 2.17. The molecule has 2 N–H and O–H groups in total. The lowest BCUT2D eigenvalue weighted by molar-refractivity contribution is -0.119. The van der Waals surface area contributed by atoms with E-state index in [0.29, 0.717) is 0 Å². The molecule has 2 amide bonds. The Labute approximate surface area is 85.6 Å². The topological polar surface area (TPSA) is 87.6 Å². The van der Waals surface area contributed by atoms with Gasteiger partial charge in [0.25, 0.3) is 5.91 Å². The van der Waals surface area contributed by atoms with Gasteiger partial charge in [0.05, 0.1) is 5.56 Å². The normalized spacial score (nSPS) is 9.13. The van der Waals surface area contributed by atoms with E-state index in [1.807, 2.05) is 0 Å². The average Bonchev–Trinajstić information content (AvgIpc) is 2.25. The second-order valence-electron chi connectivity index (χ2n) is 2.74. The van der Waals surface area contributed by atoms with Crippen LogP contribution in [0.5, 0.6) is 0 Å². The zero-order valence-electron chi connectivity index (χ0n) is 7.98. The number of rotatable bonds is 2. The van der Waals surface area contributed by atoms with Gasteiger partial charge >= 0.3 is 0 Å². The van der Waals surface area contributed by atoms with Crippen LogP contribution in [-0.2, 0) is 4.79 Å². The fourth-order valence-corrected chi connectivity index (χ4v) is 0.957. The monoisotopic (exact) mass is 207 g/mol. The lowest BCUT2D eigenvalue weighted by atomic mass is 10.2. The molecule has 6 nitrogen and oxygen atoms in total. The molecule has 0 aliphatic rings. The minimum Gasteiger partial charge on any atom is -0.274 e. The molecule has 0 saturated heterocycles. The molecule has 0 spiro atoms. The van der Waals surface area contributed by atoms with E-state index >= 15 is 0 Å². The van der Waals surface area contributed by atoms with E-state index in [-0.39, 0.29) is 11.3 Å². The maximum absolute atomic E-state index is 11.4. The molecule has 0 aliphatic heterocycles. The van der Waals surface area contributed by atoms with Crippen LogP contribution in [0.25, 0.3) is 0 Å². The fraction of sp³-hybridized carbons (Fsp3) is 0.111. The van der Waals surface area contributed by atoms with Crippen LogP contribution in [0.4, 0.5) is 5.69 Å². The SMILES string of the molecule is CC(=O)NNC(=O)c1ccccc1N=O. The molecule has 0 fully saturated rings. The molecule has 0 aromatic heterocycles. The quantitative estimate of drug-likeness (QED) is 0.557. The Bertz CT molecular complexity index is 403. The summed E-state index contributed by atoms with van der Waals surface area (Å²) in [7, 11) is 0. The summed E-state index contributed by atoms with van der Waals surface area (Å²) in [4.78, 5) is 32.3. The molecular formula is C9H9N3O3. The van der Waals surface area contributed by atoms with Gasteiger partial charge in [-0.05, 0) is 17.3 Å². The number of carbonyl (C=O) groups excluding carboxylic acids is 2. The summed E-state index contributed by atoms with van der Waals surface area (Å²) >= 11 is 0. The van der Waals surface area contributed by atoms with Crippen LogP contribution in [-0.4, -0.2) is 11.8 Å². The second-order valence-corrected chi connectivity index (χ2v) is 2.74. The number of amides is 2. The highest BCUT2D eigenvalue weighted by atomic mass is 16.3. The highest BCUT2D eigenvalue weighted by Gasteiger charge is 2.10. The lowest BCUT2D eigenvalue weighted by Crippen LogP contribution is -2.40. The molecule has 0 saturated carbocycles. The Morgan fingerprint density at radius 2 is 1.87 bits per heavy atom. The van der Waals surface area contributed by atoms with Crippen molar-refractivity contribution in [2.24, 2.45) is 5.18 Å². The van der Waals surface area contributed by atoms with Gasteiger partial charge in [-0.15, -0.1) is 4.91 Å². The van der Waals surface area contributed by atoms with Crippen molar-refractivity contribution in [3.8, 4) is 0 Å². The number of benzene rings is 1. The Hall–Kier alpha value is -2.24. The summed E-state index contributed by atoms with van der Waals surface area (Å²) in [5.74, 6) is -0.986. The van der Waals surface area contributed by atoms with Crippen molar-refractivity contribution in [3.63, 3.8) is 0 Å². The molecule has 0 heterocycles. The third kappa shape index (κ3) is 2.87. The molecule has 15 heavy (non-hydrogen) atoms. The van der Waals surface area contributed by atoms with Crippen LogP contribution in [0.2, 0.25) is 0 Å². The maximum Gasteiger partial charge on any atom is 0.272 e. The average molecular weight is 207 g/mol. The number of carbonyl (C=O) groups is 2. The number of nitrogens with one attached hydrogen (secondary N) is 2. The molecule has 1 aromatic rings. The Kier molecular flexibility index (Phi) is 3.50. The Balaban J connectivity index is 2.81. The zero-order chi connectivity index (χ0) is 11.3. The lowest BCUT2D eigenvalue weighted by Gasteiger charge is -2.05. The van der Waals surface area contributed by atoms with E-state index in [0.717, 1.165) is 0 Å². The molecule has 0 radical (unpaired) electrons. The van der Waals surface area contributed by atoms with E-state index in [1.165, 1.54) is 19.1 Å². The van der Waals surface area contributed by atoms with Crippen LogP contribution in [0.3, 0.4) is 0 Å². The van der Waals surface area contributed by atoms with Crippen LogP contribution >= 0.6 is 0 Å². The number of hydrazine groups is 1. The first-order chi connectivity index (χ1) is 7.15. The van der Waals surface area contributed by atoms with Gasteiger partial charge in [-0.2, -0.15) is 0 Å². The second kappa shape index (κ2) is 4.85. The van der Waals surface area contributed by atoms with Crippen LogP contribution in [0, 0.1) is 4.91 Å². The molecule has 1 rings (SSSR count). The van der Waals surface area contributed by atoms with E-state index in [2.05, 4.69) is 16.0 Å². The van der Waals surface area contributed by atoms with Gasteiger partial charge in [-0.1, -0.05) is 12.1 Å². The maximum atomic E-state index is 11.4. The molecule has 78 valence electrons. The van der Waals surface area contributed by atoms with E-state index < -0.39 is 11.8 Å². The standard InChI is InChI=1S/C9H9N3O3/c1-6(13)10-11-9(14)7-4-2-3-5-8(7)12-15/h2-5H,1H3,(H,10,13)(H,11,14). The largest absolute Gasteiger partial charge is 0.274 e. The first kappa shape index (κ1) is 10.8. The van der Waals surface area contributed by atoms with Crippen molar-refractivity contribution in [2.45, 2.75) is 6.92 Å². The van der Waals surface area contributed by atoms with E-state index in [1.54, 1.807) is 12.1 Å². The van der Waals surface area contributed by atoms with Gasteiger partial charge in [0.15, 0.2) is 0 Å². The number of hydrogen-bond acceptors (Lipinski definition) is 4. The molecular weight excluding hydrogens is 198 g/mol. The van der Waals surface area contributed by atoms with Crippen LogP contribution in [0.1, 0.15) is 17.3 Å². The van der Waals surface area contributed by atoms with Crippen molar-refractivity contribution in [3.05, 3.63) is 34.7 Å². The number of hydrogen-bond donors (Lipinski definition) is 2. The minimum absolute atomic E-state index is 0.0281. The van der Waals surface area contributed by atoms with Gasteiger partial charge in [-0.3, -0.25) is 20.4 Å². The van der Waals surface area contributed by atoms with E-state index in [9.17, 15) is 14.5 Å². The summed E-state index contributed by atoms with van der Waals surface area (Å²) < 4.78 is 0. The van der Waals surface area contributed by atoms with Gasteiger partial charge in [0.1, 0.15) is 5.69 Å². The van der Waals surface area contributed by atoms with Crippen molar-refractivity contribution in [2.75, 3.05) is 0 Å².